The Morgan fingerprint density at radius 3 is 2.75 bits per heavy atom. The second-order valence-corrected chi connectivity index (χ2v) is 3.99. The summed E-state index contributed by atoms with van der Waals surface area (Å²) in [5.74, 6) is -1.03. The van der Waals surface area contributed by atoms with E-state index >= 15 is 0 Å². The lowest BCUT2D eigenvalue weighted by molar-refractivity contribution is -0.139. The van der Waals surface area contributed by atoms with Crippen molar-refractivity contribution in [2.45, 2.75) is 38.3 Å². The number of hydrogen-bond donors (Lipinski definition) is 3. The molecule has 2 amide bonds. The minimum absolute atomic E-state index is 0.280. The van der Waals surface area contributed by atoms with Gasteiger partial charge in [0.15, 0.2) is 0 Å². The zero-order valence-corrected chi connectivity index (χ0v) is 9.35. The van der Waals surface area contributed by atoms with E-state index in [2.05, 4.69) is 5.32 Å². The molecule has 1 fully saturated rings. The zero-order chi connectivity index (χ0) is 12.1. The summed E-state index contributed by atoms with van der Waals surface area (Å²) < 4.78 is 0. The molecule has 2 atom stereocenters. The average molecular weight is 230 g/mol. The fourth-order valence-electron chi connectivity index (χ4n) is 1.72. The molecule has 0 spiro atoms. The van der Waals surface area contributed by atoms with Gasteiger partial charge in [-0.15, -0.1) is 0 Å². The molecule has 1 heterocycles. The maximum atomic E-state index is 11.7. The van der Waals surface area contributed by atoms with E-state index in [1.807, 2.05) is 0 Å². The molecule has 0 aromatic heterocycles. The number of amides is 2. The van der Waals surface area contributed by atoms with Gasteiger partial charge in [0.2, 0.25) is 0 Å². The van der Waals surface area contributed by atoms with Crippen LogP contribution in [0.1, 0.15) is 26.2 Å². The number of nitrogens with one attached hydrogen (secondary N) is 1. The first kappa shape index (κ1) is 12.8. The van der Waals surface area contributed by atoms with Crippen LogP contribution in [-0.4, -0.2) is 52.3 Å². The van der Waals surface area contributed by atoms with Gasteiger partial charge in [0, 0.05) is 13.1 Å². The standard InChI is InChI=1S/C10H18N2O4/c1-2-8(9(14)15)11-10(16)12-5-3-4-7(13)6-12/h7-8,13H,2-6H2,1H3,(H,11,16)(H,14,15)/t7?,8-/m1/s1. The molecule has 0 aromatic rings. The van der Waals surface area contributed by atoms with E-state index in [-0.39, 0.29) is 6.54 Å². The first-order chi connectivity index (χ1) is 7.54. The summed E-state index contributed by atoms with van der Waals surface area (Å²) in [5, 5.41) is 20.6. The molecule has 1 unspecified atom stereocenters. The van der Waals surface area contributed by atoms with Crippen molar-refractivity contribution in [2.75, 3.05) is 13.1 Å². The molecule has 6 heteroatoms. The highest BCUT2D eigenvalue weighted by Crippen LogP contribution is 2.10. The molecular weight excluding hydrogens is 212 g/mol. The van der Waals surface area contributed by atoms with E-state index in [0.717, 1.165) is 6.42 Å². The number of aliphatic carboxylic acids is 1. The number of rotatable bonds is 3. The fourth-order valence-corrected chi connectivity index (χ4v) is 1.72. The van der Waals surface area contributed by atoms with Crippen LogP contribution in [0.2, 0.25) is 0 Å². The number of carbonyl (C=O) groups excluding carboxylic acids is 1. The van der Waals surface area contributed by atoms with E-state index in [1.165, 1.54) is 4.90 Å². The highest BCUT2D eigenvalue weighted by Gasteiger charge is 2.25. The molecule has 1 aliphatic rings. The quantitative estimate of drug-likeness (QED) is 0.637. The Labute approximate surface area is 94.2 Å². The van der Waals surface area contributed by atoms with Gasteiger partial charge in [0.05, 0.1) is 6.10 Å². The summed E-state index contributed by atoms with van der Waals surface area (Å²) in [4.78, 5) is 23.8. The number of urea groups is 1. The Kier molecular flexibility index (Phi) is 4.54. The van der Waals surface area contributed by atoms with Gasteiger partial charge in [0.25, 0.3) is 0 Å². The van der Waals surface area contributed by atoms with E-state index in [4.69, 9.17) is 5.11 Å². The van der Waals surface area contributed by atoms with Gasteiger partial charge in [-0.3, -0.25) is 0 Å². The topological polar surface area (TPSA) is 89.9 Å². The summed E-state index contributed by atoms with van der Waals surface area (Å²) in [6.45, 7) is 2.55. The van der Waals surface area contributed by atoms with Crippen LogP contribution < -0.4 is 5.32 Å². The first-order valence-corrected chi connectivity index (χ1v) is 5.51. The van der Waals surface area contributed by atoms with E-state index in [9.17, 15) is 14.7 Å². The third-order valence-electron chi connectivity index (χ3n) is 2.69. The Morgan fingerprint density at radius 2 is 2.25 bits per heavy atom. The van der Waals surface area contributed by atoms with Crippen LogP contribution >= 0.6 is 0 Å². The number of carbonyl (C=O) groups is 2. The third-order valence-corrected chi connectivity index (χ3v) is 2.69. The average Bonchev–Trinajstić information content (AvgIpc) is 2.25. The number of hydrogen-bond acceptors (Lipinski definition) is 3. The monoisotopic (exact) mass is 230 g/mol. The lowest BCUT2D eigenvalue weighted by Gasteiger charge is -2.31. The minimum Gasteiger partial charge on any atom is -0.480 e. The smallest absolute Gasteiger partial charge is 0.326 e. The third kappa shape index (κ3) is 3.37. The van der Waals surface area contributed by atoms with Crippen molar-refractivity contribution in [3.63, 3.8) is 0 Å². The highest BCUT2D eigenvalue weighted by atomic mass is 16.4. The molecule has 1 rings (SSSR count). The van der Waals surface area contributed by atoms with Crippen LogP contribution in [0, 0.1) is 0 Å². The molecule has 0 bridgehead atoms. The summed E-state index contributed by atoms with van der Waals surface area (Å²) in [6.07, 6.45) is 1.29. The maximum Gasteiger partial charge on any atom is 0.326 e. The van der Waals surface area contributed by atoms with Crippen molar-refractivity contribution in [3.8, 4) is 0 Å². The van der Waals surface area contributed by atoms with Gasteiger partial charge in [-0.25, -0.2) is 9.59 Å². The molecule has 3 N–H and O–H groups in total. The second-order valence-electron chi connectivity index (χ2n) is 3.99. The van der Waals surface area contributed by atoms with Crippen LogP contribution in [0.3, 0.4) is 0 Å². The van der Waals surface area contributed by atoms with Crippen LogP contribution in [0.4, 0.5) is 4.79 Å². The lowest BCUT2D eigenvalue weighted by Crippen LogP contribution is -2.51. The molecular formula is C10H18N2O4. The normalized spacial score (nSPS) is 22.6. The number of carboxylic acid groups (broad SMARTS) is 1. The van der Waals surface area contributed by atoms with Crippen LogP contribution in [0.5, 0.6) is 0 Å². The number of likely N-dealkylation sites (tertiary alicyclic amines) is 1. The van der Waals surface area contributed by atoms with Crippen molar-refractivity contribution < 1.29 is 19.8 Å². The number of piperidine rings is 1. The molecule has 0 radical (unpaired) electrons. The van der Waals surface area contributed by atoms with Crippen LogP contribution in [0.25, 0.3) is 0 Å². The van der Waals surface area contributed by atoms with Gasteiger partial charge in [-0.05, 0) is 19.3 Å². The van der Waals surface area contributed by atoms with Gasteiger partial charge in [-0.1, -0.05) is 6.92 Å². The molecule has 1 saturated heterocycles. The second kappa shape index (κ2) is 5.69. The van der Waals surface area contributed by atoms with Gasteiger partial charge < -0.3 is 20.4 Å². The van der Waals surface area contributed by atoms with Crippen molar-refractivity contribution in [1.82, 2.24) is 10.2 Å². The molecule has 0 saturated carbocycles. The van der Waals surface area contributed by atoms with Crippen molar-refractivity contribution >= 4 is 12.0 Å². The van der Waals surface area contributed by atoms with E-state index < -0.39 is 24.1 Å². The molecule has 0 aliphatic carbocycles. The Morgan fingerprint density at radius 1 is 1.56 bits per heavy atom. The van der Waals surface area contributed by atoms with E-state index in [1.54, 1.807) is 6.92 Å². The zero-order valence-electron chi connectivity index (χ0n) is 9.35. The predicted molar refractivity (Wildman–Crippen MR) is 57.1 cm³/mol. The molecule has 92 valence electrons. The molecule has 1 aliphatic heterocycles. The molecule has 6 nitrogen and oxygen atoms in total. The number of nitrogens with zero attached hydrogens (tertiary/aromatic N) is 1. The van der Waals surface area contributed by atoms with Crippen LogP contribution in [0.15, 0.2) is 0 Å². The SMILES string of the molecule is CC[C@@H](NC(=O)N1CCCC(O)C1)C(=O)O. The highest BCUT2D eigenvalue weighted by molar-refractivity contribution is 5.82. The summed E-state index contributed by atoms with van der Waals surface area (Å²) >= 11 is 0. The maximum absolute atomic E-state index is 11.7. The largest absolute Gasteiger partial charge is 0.480 e. The van der Waals surface area contributed by atoms with Crippen molar-refractivity contribution in [3.05, 3.63) is 0 Å². The Balaban J connectivity index is 2.47. The van der Waals surface area contributed by atoms with Gasteiger partial charge in [-0.2, -0.15) is 0 Å². The number of aliphatic hydroxyl groups excluding tert-OH is 1. The van der Waals surface area contributed by atoms with Gasteiger partial charge in [0.1, 0.15) is 6.04 Å². The number of aliphatic hydroxyl groups is 1. The van der Waals surface area contributed by atoms with Crippen molar-refractivity contribution in [1.29, 1.82) is 0 Å². The Hall–Kier alpha value is -1.30. The van der Waals surface area contributed by atoms with E-state index in [0.29, 0.717) is 19.4 Å². The van der Waals surface area contributed by atoms with Crippen molar-refractivity contribution in [2.24, 2.45) is 0 Å². The molecule has 0 aromatic carbocycles. The summed E-state index contributed by atoms with van der Waals surface area (Å²) in [7, 11) is 0. The predicted octanol–water partition coefficient (Wildman–Crippen LogP) is 0.0159. The summed E-state index contributed by atoms with van der Waals surface area (Å²) in [5.41, 5.74) is 0. The van der Waals surface area contributed by atoms with Gasteiger partial charge >= 0.3 is 12.0 Å². The first-order valence-electron chi connectivity index (χ1n) is 5.51. The number of carboxylic acids is 1. The minimum atomic E-state index is -1.03. The van der Waals surface area contributed by atoms with Crippen LogP contribution in [-0.2, 0) is 4.79 Å². The number of β-amino-alcohol motifs (C(OH)–C–C–N with tert-alkyl or cyclic N) is 1. The lowest BCUT2D eigenvalue weighted by atomic mass is 10.1. The Bertz CT molecular complexity index is 270. The summed E-state index contributed by atoms with van der Waals surface area (Å²) in [6, 6.07) is -1.26. The fraction of sp³-hybridized carbons (Fsp3) is 0.800. The molecule has 16 heavy (non-hydrogen) atoms.